The second-order valence-electron chi connectivity index (χ2n) is 15.3. The second kappa shape index (κ2) is 15.1. The van der Waals surface area contributed by atoms with Crippen molar-refractivity contribution in [3.63, 3.8) is 0 Å². The molecule has 2 aliphatic carbocycles. The van der Waals surface area contributed by atoms with E-state index < -0.39 is 65.8 Å². The third-order valence-electron chi connectivity index (χ3n) is 10.3. The van der Waals surface area contributed by atoms with Crippen LogP contribution >= 0.6 is 0 Å². The fourth-order valence-electron chi connectivity index (χ4n) is 7.56. The summed E-state index contributed by atoms with van der Waals surface area (Å²) >= 11 is 0. The lowest BCUT2D eigenvalue weighted by molar-refractivity contribution is -0.144. The van der Waals surface area contributed by atoms with Crippen molar-refractivity contribution < 1.29 is 33.5 Å². The van der Waals surface area contributed by atoms with Crippen LogP contribution in [0.1, 0.15) is 57.7 Å². The molecule has 0 bridgehead atoms. The number of amides is 5. The molecule has 5 atom stereocenters. The maximum Gasteiger partial charge on any atom is 0.408 e. The number of fused-ring (bicyclic) bond motifs is 2. The van der Waals surface area contributed by atoms with E-state index in [1.54, 1.807) is 20.8 Å². The molecule has 1 aliphatic heterocycles. The number of ether oxygens (including phenoxy) is 1. The summed E-state index contributed by atoms with van der Waals surface area (Å²) in [6.45, 7) is 13.1. The predicted molar refractivity (Wildman–Crippen MR) is 190 cm³/mol. The monoisotopic (exact) mass is 699 g/mol. The van der Waals surface area contributed by atoms with Crippen molar-refractivity contribution in [3.05, 3.63) is 83.9 Å². The molecule has 2 fully saturated rings. The minimum atomic E-state index is -1.26. The number of rotatable bonds is 13. The number of carbonyl (C=O) groups is 6. The Morgan fingerprint density at radius 1 is 0.941 bits per heavy atom. The number of ketones is 1. The van der Waals surface area contributed by atoms with Gasteiger partial charge in [0, 0.05) is 13.1 Å². The molecule has 0 spiro atoms. The van der Waals surface area contributed by atoms with Crippen LogP contribution in [-0.2, 0) is 48.1 Å². The van der Waals surface area contributed by atoms with E-state index in [1.165, 1.54) is 11.0 Å². The number of hydrogen-bond acceptors (Lipinski definition) is 7. The zero-order valence-corrected chi connectivity index (χ0v) is 30.0. The van der Waals surface area contributed by atoms with Crippen LogP contribution in [0.2, 0.25) is 0 Å². The topological polar surface area (TPSA) is 163 Å². The highest BCUT2D eigenvalue weighted by Crippen LogP contribution is 2.65. The SMILES string of the molecule is C=CCC(NC(=O)C1C2C(CN1C(=O)C(NC(=O)OC(C)(C)C)C1Cc3ccccc3C1)C2(C)C)C(=O)C(=O)NCC(=O)NCc1ccccc1. The van der Waals surface area contributed by atoms with Crippen molar-refractivity contribution in [1.29, 1.82) is 0 Å². The Labute approximate surface area is 299 Å². The number of piperidine rings is 1. The van der Waals surface area contributed by atoms with Gasteiger partial charge in [0.05, 0.1) is 6.54 Å². The molecule has 0 radical (unpaired) electrons. The zero-order chi connectivity index (χ0) is 37.1. The highest BCUT2D eigenvalue weighted by molar-refractivity contribution is 6.38. The molecule has 1 saturated carbocycles. The van der Waals surface area contributed by atoms with Gasteiger partial charge in [0.15, 0.2) is 0 Å². The summed E-state index contributed by atoms with van der Waals surface area (Å²) in [5.74, 6) is -3.82. The number of carbonyl (C=O) groups excluding carboxylic acids is 6. The molecule has 1 saturated heterocycles. The summed E-state index contributed by atoms with van der Waals surface area (Å²) < 4.78 is 5.54. The van der Waals surface area contributed by atoms with Crippen molar-refractivity contribution in [3.8, 4) is 0 Å². The Bertz CT molecular complexity index is 1660. The quantitative estimate of drug-likeness (QED) is 0.185. The maximum absolute atomic E-state index is 14.5. The molecule has 4 N–H and O–H groups in total. The molecule has 2 aromatic rings. The van der Waals surface area contributed by atoms with E-state index in [2.05, 4.69) is 27.8 Å². The minimum Gasteiger partial charge on any atom is -0.444 e. The van der Waals surface area contributed by atoms with Gasteiger partial charge in [-0.05, 0) is 79.9 Å². The smallest absolute Gasteiger partial charge is 0.408 e. The molecule has 5 amide bonds. The molecule has 12 nitrogen and oxygen atoms in total. The summed E-state index contributed by atoms with van der Waals surface area (Å²) in [5, 5.41) is 10.6. The van der Waals surface area contributed by atoms with Crippen LogP contribution in [-0.4, -0.2) is 77.2 Å². The number of hydrogen-bond donors (Lipinski definition) is 4. The summed E-state index contributed by atoms with van der Waals surface area (Å²) in [5.41, 5.74) is 2.05. The molecular formula is C39H49N5O7. The van der Waals surface area contributed by atoms with Crippen molar-refractivity contribution in [2.75, 3.05) is 13.1 Å². The van der Waals surface area contributed by atoms with Crippen molar-refractivity contribution in [2.45, 2.75) is 84.2 Å². The van der Waals surface area contributed by atoms with Crippen molar-refractivity contribution in [2.24, 2.45) is 23.2 Å². The maximum atomic E-state index is 14.5. The first-order chi connectivity index (χ1) is 24.1. The summed E-state index contributed by atoms with van der Waals surface area (Å²) in [6.07, 6.45) is 1.79. The minimum absolute atomic E-state index is 0.0337. The van der Waals surface area contributed by atoms with E-state index in [9.17, 15) is 28.8 Å². The van der Waals surface area contributed by atoms with Crippen LogP contribution in [0.4, 0.5) is 4.79 Å². The Morgan fingerprint density at radius 2 is 1.57 bits per heavy atom. The molecule has 3 aliphatic rings. The largest absolute Gasteiger partial charge is 0.444 e. The summed E-state index contributed by atoms with van der Waals surface area (Å²) in [7, 11) is 0. The molecule has 5 unspecified atom stereocenters. The van der Waals surface area contributed by atoms with Gasteiger partial charge in [-0.2, -0.15) is 0 Å². The number of benzene rings is 2. The van der Waals surface area contributed by atoms with Gasteiger partial charge in [0.2, 0.25) is 23.5 Å². The summed E-state index contributed by atoms with van der Waals surface area (Å²) in [4.78, 5) is 81.7. The first kappa shape index (κ1) is 37.3. The molecule has 12 heteroatoms. The number of nitrogens with zero attached hydrogens (tertiary/aromatic N) is 1. The highest BCUT2D eigenvalue weighted by Gasteiger charge is 2.69. The molecule has 5 rings (SSSR count). The van der Waals surface area contributed by atoms with E-state index in [0.717, 1.165) is 16.7 Å². The molecule has 51 heavy (non-hydrogen) atoms. The lowest BCUT2D eigenvalue weighted by Gasteiger charge is -2.35. The van der Waals surface area contributed by atoms with Gasteiger partial charge in [0.25, 0.3) is 5.91 Å². The van der Waals surface area contributed by atoms with Crippen molar-refractivity contribution >= 4 is 35.5 Å². The Morgan fingerprint density at radius 3 is 2.18 bits per heavy atom. The summed E-state index contributed by atoms with van der Waals surface area (Å²) in [6, 6.07) is 14.0. The number of alkyl carbamates (subject to hydrolysis) is 1. The number of likely N-dealkylation sites (tertiary alicyclic amines) is 1. The third-order valence-corrected chi connectivity index (χ3v) is 10.3. The predicted octanol–water partition coefficient (Wildman–Crippen LogP) is 2.84. The fraction of sp³-hybridized carbons (Fsp3) is 0.487. The Hall–Kier alpha value is -5.00. The molecule has 2 aromatic carbocycles. The van der Waals surface area contributed by atoms with Crippen LogP contribution in [0.15, 0.2) is 67.3 Å². The van der Waals surface area contributed by atoms with Crippen LogP contribution in [0, 0.1) is 23.2 Å². The van der Waals surface area contributed by atoms with Gasteiger partial charge < -0.3 is 30.9 Å². The normalized spacial score (nSPS) is 21.3. The van der Waals surface area contributed by atoms with Gasteiger partial charge >= 0.3 is 6.09 Å². The fourth-order valence-corrected chi connectivity index (χ4v) is 7.56. The van der Waals surface area contributed by atoms with E-state index in [4.69, 9.17) is 4.74 Å². The van der Waals surface area contributed by atoms with E-state index in [1.807, 2.05) is 68.4 Å². The molecule has 0 aromatic heterocycles. The highest BCUT2D eigenvalue weighted by atomic mass is 16.6. The number of Topliss-reactive ketones (excluding diaryl/α,β-unsaturated/α-hetero) is 1. The molecular weight excluding hydrogens is 650 g/mol. The molecule has 272 valence electrons. The van der Waals surface area contributed by atoms with E-state index in [0.29, 0.717) is 19.4 Å². The van der Waals surface area contributed by atoms with Gasteiger partial charge in [-0.1, -0.05) is 74.5 Å². The van der Waals surface area contributed by atoms with Crippen LogP contribution in [0.25, 0.3) is 0 Å². The lowest BCUT2D eigenvalue weighted by atomic mass is 9.93. The van der Waals surface area contributed by atoms with E-state index in [-0.39, 0.29) is 36.1 Å². The van der Waals surface area contributed by atoms with Gasteiger partial charge in [0.1, 0.15) is 23.7 Å². The average molecular weight is 700 g/mol. The second-order valence-corrected chi connectivity index (χ2v) is 15.3. The van der Waals surface area contributed by atoms with Gasteiger partial charge in [-0.15, -0.1) is 6.58 Å². The van der Waals surface area contributed by atoms with E-state index >= 15 is 0 Å². The average Bonchev–Trinajstić information content (AvgIpc) is 3.43. The lowest BCUT2D eigenvalue weighted by Crippen LogP contribution is -2.60. The van der Waals surface area contributed by atoms with Crippen LogP contribution in [0.5, 0.6) is 0 Å². The van der Waals surface area contributed by atoms with Gasteiger partial charge in [-0.25, -0.2) is 4.79 Å². The van der Waals surface area contributed by atoms with Crippen LogP contribution < -0.4 is 21.3 Å². The van der Waals surface area contributed by atoms with Crippen LogP contribution in [0.3, 0.4) is 0 Å². The van der Waals surface area contributed by atoms with Gasteiger partial charge in [-0.3, -0.25) is 24.0 Å². The number of nitrogens with one attached hydrogen (secondary N) is 4. The Kier molecular flexibility index (Phi) is 11.0. The Balaban J connectivity index is 1.28. The zero-order valence-electron chi connectivity index (χ0n) is 30.0. The first-order valence-electron chi connectivity index (χ1n) is 17.5. The standard InChI is InChI=1S/C39H49N5O7/c1-7-13-28(33(46)35(48)41-21-29(45)40-20-23-14-9-8-10-15-23)42-34(47)32-30-27(39(30,5)6)22-44(32)36(49)31(43-37(50)51-38(2,3)4)26-18-24-16-11-12-17-25(24)19-26/h7-12,14-17,26-28,30-32H,1,13,18-22H2,2-6H3,(H,40,45)(H,41,48)(H,42,47)(H,43,50). The van der Waals surface area contributed by atoms with Crippen molar-refractivity contribution in [1.82, 2.24) is 26.2 Å². The molecule has 1 heterocycles. The third kappa shape index (κ3) is 8.66. The first-order valence-corrected chi connectivity index (χ1v) is 17.5.